The Bertz CT molecular complexity index is 861. The second-order valence-electron chi connectivity index (χ2n) is 8.81. The van der Waals surface area contributed by atoms with Gasteiger partial charge in [0.2, 0.25) is 0 Å². The van der Waals surface area contributed by atoms with Gasteiger partial charge in [-0.1, -0.05) is 43.3 Å². The summed E-state index contributed by atoms with van der Waals surface area (Å²) in [6, 6.07) is 7.66. The molecule has 1 aromatic rings. The molecule has 1 aromatic carbocycles. The lowest BCUT2D eigenvalue weighted by Gasteiger charge is -2.38. The van der Waals surface area contributed by atoms with Gasteiger partial charge in [0, 0.05) is 29.7 Å². The average molecular weight is 472 g/mol. The number of esters is 1. The molecule has 2 aliphatic rings. The number of ether oxygens (including phenoxy) is 1. The summed E-state index contributed by atoms with van der Waals surface area (Å²) in [7, 11) is 0. The quantitative estimate of drug-likeness (QED) is 0.462. The summed E-state index contributed by atoms with van der Waals surface area (Å²) < 4.78 is 5.03. The van der Waals surface area contributed by atoms with E-state index < -0.39 is 0 Å². The van der Waals surface area contributed by atoms with Crippen LogP contribution in [-0.2, 0) is 9.53 Å². The number of amides is 1. The maximum atomic E-state index is 13.3. The van der Waals surface area contributed by atoms with Crippen LogP contribution in [0.15, 0.2) is 41.4 Å². The smallest absolute Gasteiger partial charge is 0.338 e. The molecule has 3 rings (SSSR count). The molecule has 180 valence electrons. The van der Waals surface area contributed by atoms with Gasteiger partial charge in [0.25, 0.3) is 5.91 Å². The summed E-state index contributed by atoms with van der Waals surface area (Å²) in [6.07, 6.45) is 7.29. The van der Waals surface area contributed by atoms with Crippen LogP contribution in [0.2, 0.25) is 0 Å². The SMILES string of the molecule is C=C(S/C(C(=O)N1CCC(N2CCCCCC2)CC1)=C(/C)N)c1ccc(C(=O)OCC)cc1. The lowest BCUT2D eigenvalue weighted by Crippen LogP contribution is -2.47. The molecule has 0 spiro atoms. The zero-order chi connectivity index (χ0) is 23.8. The van der Waals surface area contributed by atoms with Gasteiger partial charge >= 0.3 is 5.97 Å². The Labute approximate surface area is 202 Å². The predicted molar refractivity (Wildman–Crippen MR) is 136 cm³/mol. The van der Waals surface area contributed by atoms with E-state index in [1.165, 1.54) is 50.5 Å². The van der Waals surface area contributed by atoms with Crippen molar-refractivity contribution in [2.75, 3.05) is 32.8 Å². The number of hydrogen-bond donors (Lipinski definition) is 1. The molecule has 33 heavy (non-hydrogen) atoms. The topological polar surface area (TPSA) is 75.9 Å². The van der Waals surface area contributed by atoms with Crippen LogP contribution in [-0.4, -0.2) is 60.5 Å². The maximum absolute atomic E-state index is 13.3. The second kappa shape index (κ2) is 12.3. The molecule has 0 unspecified atom stereocenters. The molecule has 0 atom stereocenters. The number of hydrogen-bond acceptors (Lipinski definition) is 6. The molecular formula is C26H37N3O3S. The highest BCUT2D eigenvalue weighted by Crippen LogP contribution is 2.35. The Morgan fingerprint density at radius 1 is 1.03 bits per heavy atom. The molecule has 0 bridgehead atoms. The number of allylic oxidation sites excluding steroid dienone is 1. The van der Waals surface area contributed by atoms with Gasteiger partial charge in [-0.3, -0.25) is 4.79 Å². The largest absolute Gasteiger partial charge is 0.462 e. The Morgan fingerprint density at radius 2 is 1.61 bits per heavy atom. The van der Waals surface area contributed by atoms with Crippen LogP contribution in [0.4, 0.5) is 0 Å². The fourth-order valence-corrected chi connectivity index (χ4v) is 5.40. The lowest BCUT2D eigenvalue weighted by atomic mass is 10.0. The number of nitrogens with zero attached hydrogens (tertiary/aromatic N) is 2. The first-order chi connectivity index (χ1) is 15.9. The Morgan fingerprint density at radius 3 is 2.15 bits per heavy atom. The van der Waals surface area contributed by atoms with Gasteiger partial charge in [0.05, 0.1) is 17.1 Å². The third kappa shape index (κ3) is 6.87. The number of rotatable bonds is 7. The van der Waals surface area contributed by atoms with Crippen LogP contribution in [0.25, 0.3) is 4.91 Å². The number of benzene rings is 1. The van der Waals surface area contributed by atoms with Crippen molar-refractivity contribution in [3.05, 3.63) is 52.6 Å². The van der Waals surface area contributed by atoms with Gasteiger partial charge < -0.3 is 20.3 Å². The molecule has 0 aliphatic carbocycles. The number of likely N-dealkylation sites (tertiary alicyclic amines) is 2. The number of carbonyl (C=O) groups excluding carboxylic acids is 2. The fraction of sp³-hybridized carbons (Fsp3) is 0.538. The van der Waals surface area contributed by atoms with Gasteiger partial charge in [-0.2, -0.15) is 0 Å². The van der Waals surface area contributed by atoms with E-state index in [1.807, 2.05) is 17.0 Å². The summed E-state index contributed by atoms with van der Waals surface area (Å²) in [4.78, 5) is 31.0. The maximum Gasteiger partial charge on any atom is 0.338 e. The normalized spacial score (nSPS) is 18.9. The second-order valence-corrected chi connectivity index (χ2v) is 9.91. The molecule has 0 saturated carbocycles. The molecule has 2 fully saturated rings. The van der Waals surface area contributed by atoms with Gasteiger partial charge in [-0.25, -0.2) is 4.79 Å². The first kappa shape index (κ1) is 25.4. The van der Waals surface area contributed by atoms with Crippen LogP contribution in [0.5, 0.6) is 0 Å². The van der Waals surface area contributed by atoms with Gasteiger partial charge in [0.15, 0.2) is 0 Å². The van der Waals surface area contributed by atoms with Gasteiger partial charge in [-0.05, 0) is 70.3 Å². The van der Waals surface area contributed by atoms with Crippen molar-refractivity contribution in [1.82, 2.24) is 9.80 Å². The van der Waals surface area contributed by atoms with Crippen molar-refractivity contribution in [2.45, 2.75) is 58.4 Å². The Balaban J connectivity index is 1.59. The molecule has 0 aromatic heterocycles. The van der Waals surface area contributed by atoms with E-state index in [-0.39, 0.29) is 11.9 Å². The van der Waals surface area contributed by atoms with Crippen LogP contribution >= 0.6 is 11.8 Å². The summed E-state index contributed by atoms with van der Waals surface area (Å²) in [5, 5.41) is 0. The zero-order valence-corrected chi connectivity index (χ0v) is 20.8. The number of nitrogens with two attached hydrogens (primary N) is 1. The van der Waals surface area contributed by atoms with Crippen molar-refractivity contribution >= 4 is 28.5 Å². The van der Waals surface area contributed by atoms with Crippen LogP contribution in [0.3, 0.4) is 0 Å². The molecule has 2 heterocycles. The summed E-state index contributed by atoms with van der Waals surface area (Å²) in [5.74, 6) is -0.363. The lowest BCUT2D eigenvalue weighted by molar-refractivity contribution is -0.128. The van der Waals surface area contributed by atoms with Crippen molar-refractivity contribution in [3.63, 3.8) is 0 Å². The van der Waals surface area contributed by atoms with E-state index in [9.17, 15) is 9.59 Å². The molecule has 7 heteroatoms. The van der Waals surface area contributed by atoms with E-state index in [0.29, 0.717) is 28.8 Å². The molecule has 6 nitrogen and oxygen atoms in total. The summed E-state index contributed by atoms with van der Waals surface area (Å²) in [6.45, 7) is 11.9. The molecule has 2 N–H and O–H groups in total. The summed E-state index contributed by atoms with van der Waals surface area (Å²) >= 11 is 1.31. The number of piperidine rings is 1. The highest BCUT2D eigenvalue weighted by Gasteiger charge is 2.29. The minimum Gasteiger partial charge on any atom is -0.462 e. The minimum absolute atomic E-state index is 0.0152. The third-order valence-electron chi connectivity index (χ3n) is 6.40. The van der Waals surface area contributed by atoms with Crippen LogP contribution < -0.4 is 5.73 Å². The molecular weight excluding hydrogens is 434 g/mol. The van der Waals surface area contributed by atoms with E-state index >= 15 is 0 Å². The van der Waals surface area contributed by atoms with E-state index in [4.69, 9.17) is 10.5 Å². The highest BCUT2D eigenvalue weighted by molar-refractivity contribution is 8.12. The molecule has 2 saturated heterocycles. The highest BCUT2D eigenvalue weighted by atomic mass is 32.2. The van der Waals surface area contributed by atoms with E-state index in [2.05, 4.69) is 11.5 Å². The zero-order valence-electron chi connectivity index (χ0n) is 20.0. The first-order valence-corrected chi connectivity index (χ1v) is 12.9. The van der Waals surface area contributed by atoms with E-state index in [1.54, 1.807) is 26.0 Å². The third-order valence-corrected chi connectivity index (χ3v) is 7.59. The Kier molecular flexibility index (Phi) is 9.44. The Hall–Kier alpha value is -2.25. The molecule has 1 amide bonds. The van der Waals surface area contributed by atoms with Crippen molar-refractivity contribution in [2.24, 2.45) is 5.73 Å². The van der Waals surface area contributed by atoms with Gasteiger partial charge in [0.1, 0.15) is 0 Å². The van der Waals surface area contributed by atoms with Crippen LogP contribution in [0, 0.1) is 0 Å². The standard InChI is InChI=1S/C26H37N3O3S/c1-4-32-26(31)22-11-9-21(10-12-22)20(3)33-24(19(2)27)25(30)29-17-13-23(14-18-29)28-15-7-5-6-8-16-28/h9-12,23H,3-8,13-18,27H2,1-2H3/b24-19-. The fourth-order valence-electron chi connectivity index (χ4n) is 4.52. The summed E-state index contributed by atoms with van der Waals surface area (Å²) in [5.41, 5.74) is 7.97. The average Bonchev–Trinajstić information content (AvgIpc) is 3.12. The molecule has 0 radical (unpaired) electrons. The minimum atomic E-state index is -0.348. The van der Waals surface area contributed by atoms with Crippen molar-refractivity contribution in [1.29, 1.82) is 0 Å². The number of carbonyl (C=O) groups is 2. The van der Waals surface area contributed by atoms with E-state index in [0.717, 1.165) is 36.4 Å². The monoisotopic (exact) mass is 471 g/mol. The first-order valence-electron chi connectivity index (χ1n) is 12.0. The van der Waals surface area contributed by atoms with Crippen LogP contribution in [0.1, 0.15) is 68.3 Å². The van der Waals surface area contributed by atoms with Crippen molar-refractivity contribution < 1.29 is 14.3 Å². The number of thioether (sulfide) groups is 1. The van der Waals surface area contributed by atoms with Crippen molar-refractivity contribution in [3.8, 4) is 0 Å². The molecule has 2 aliphatic heterocycles. The van der Waals surface area contributed by atoms with Gasteiger partial charge in [-0.15, -0.1) is 0 Å². The predicted octanol–water partition coefficient (Wildman–Crippen LogP) is 4.62.